The van der Waals surface area contributed by atoms with Gasteiger partial charge in [0.2, 0.25) is 5.91 Å². The molecular formula is C22H26N4OS. The number of piperazine rings is 1. The second-order valence-corrected chi connectivity index (χ2v) is 8.32. The fraction of sp³-hybridized carbons (Fsp3) is 0.364. The van der Waals surface area contributed by atoms with Crippen molar-refractivity contribution < 1.29 is 4.79 Å². The van der Waals surface area contributed by atoms with E-state index in [9.17, 15) is 4.79 Å². The first-order valence-electron chi connectivity index (χ1n) is 9.73. The fourth-order valence-corrected chi connectivity index (χ4v) is 4.37. The lowest BCUT2D eigenvalue weighted by Gasteiger charge is -2.34. The van der Waals surface area contributed by atoms with Crippen LogP contribution < -0.4 is 0 Å². The molecule has 1 fully saturated rings. The predicted octanol–water partition coefficient (Wildman–Crippen LogP) is 3.22. The zero-order chi connectivity index (χ0) is 19.3. The van der Waals surface area contributed by atoms with Gasteiger partial charge in [-0.05, 0) is 24.6 Å². The van der Waals surface area contributed by atoms with Crippen LogP contribution in [0.25, 0.3) is 5.65 Å². The van der Waals surface area contributed by atoms with Gasteiger partial charge in [0.05, 0.1) is 11.4 Å². The summed E-state index contributed by atoms with van der Waals surface area (Å²) in [6.45, 7) is 6.35. The van der Waals surface area contributed by atoms with Gasteiger partial charge in [-0.2, -0.15) is 0 Å². The lowest BCUT2D eigenvalue weighted by Crippen LogP contribution is -2.48. The number of carbonyl (C=O) groups excluding carboxylic acids is 1. The quantitative estimate of drug-likeness (QED) is 0.644. The molecule has 2 aromatic heterocycles. The van der Waals surface area contributed by atoms with Crippen molar-refractivity contribution in [1.82, 2.24) is 19.2 Å². The number of rotatable bonds is 6. The van der Waals surface area contributed by atoms with E-state index in [4.69, 9.17) is 0 Å². The van der Waals surface area contributed by atoms with Gasteiger partial charge in [-0.15, -0.1) is 11.8 Å². The first-order chi connectivity index (χ1) is 13.7. The average Bonchev–Trinajstić information content (AvgIpc) is 3.12. The van der Waals surface area contributed by atoms with E-state index in [1.165, 1.54) is 11.1 Å². The molecule has 1 aromatic carbocycles. The van der Waals surface area contributed by atoms with Crippen molar-refractivity contribution in [2.75, 3.05) is 31.9 Å². The zero-order valence-electron chi connectivity index (χ0n) is 16.3. The van der Waals surface area contributed by atoms with Crippen LogP contribution in [0.5, 0.6) is 0 Å². The molecule has 1 saturated heterocycles. The fourth-order valence-electron chi connectivity index (χ4n) is 3.48. The van der Waals surface area contributed by atoms with Gasteiger partial charge >= 0.3 is 0 Å². The molecule has 0 N–H and O–H groups in total. The van der Waals surface area contributed by atoms with E-state index in [1.807, 2.05) is 29.3 Å². The van der Waals surface area contributed by atoms with Crippen LogP contribution in [0.15, 0.2) is 54.9 Å². The molecule has 3 heterocycles. The second kappa shape index (κ2) is 8.80. The molecule has 28 heavy (non-hydrogen) atoms. The topological polar surface area (TPSA) is 40.9 Å². The van der Waals surface area contributed by atoms with E-state index in [0.29, 0.717) is 5.75 Å². The predicted molar refractivity (Wildman–Crippen MR) is 114 cm³/mol. The number of aryl methyl sites for hydroxylation is 1. The van der Waals surface area contributed by atoms with Crippen molar-refractivity contribution in [2.45, 2.75) is 19.2 Å². The monoisotopic (exact) mass is 394 g/mol. The Kier molecular flexibility index (Phi) is 5.98. The highest BCUT2D eigenvalue weighted by Gasteiger charge is 2.21. The molecule has 1 aliphatic rings. The Morgan fingerprint density at radius 3 is 2.61 bits per heavy atom. The van der Waals surface area contributed by atoms with Gasteiger partial charge in [-0.1, -0.05) is 35.9 Å². The lowest BCUT2D eigenvalue weighted by molar-refractivity contribution is -0.130. The van der Waals surface area contributed by atoms with Crippen molar-refractivity contribution >= 4 is 23.3 Å². The maximum atomic E-state index is 12.5. The molecule has 0 unspecified atom stereocenters. The maximum Gasteiger partial charge on any atom is 0.232 e. The molecule has 0 atom stereocenters. The minimum atomic E-state index is 0.254. The van der Waals surface area contributed by atoms with Crippen LogP contribution in [0.2, 0.25) is 0 Å². The van der Waals surface area contributed by atoms with Crippen molar-refractivity contribution in [1.29, 1.82) is 0 Å². The Balaban J connectivity index is 1.21. The molecule has 0 spiro atoms. The average molecular weight is 395 g/mol. The number of fused-ring (bicyclic) bond motifs is 1. The normalized spacial score (nSPS) is 15.2. The van der Waals surface area contributed by atoms with E-state index < -0.39 is 0 Å². The molecule has 0 saturated carbocycles. The molecule has 1 amide bonds. The first-order valence-corrected chi connectivity index (χ1v) is 10.9. The molecule has 1 aliphatic heterocycles. The maximum absolute atomic E-state index is 12.5. The van der Waals surface area contributed by atoms with Crippen LogP contribution in [0.1, 0.15) is 16.8 Å². The number of nitrogens with zero attached hydrogens (tertiary/aromatic N) is 4. The van der Waals surface area contributed by atoms with Crippen LogP contribution in [-0.4, -0.2) is 57.0 Å². The Labute approximate surface area is 170 Å². The Morgan fingerprint density at radius 1 is 1.07 bits per heavy atom. The van der Waals surface area contributed by atoms with E-state index in [2.05, 4.69) is 51.7 Å². The van der Waals surface area contributed by atoms with Crippen molar-refractivity contribution in [3.05, 3.63) is 71.7 Å². The molecular weight excluding hydrogens is 368 g/mol. The summed E-state index contributed by atoms with van der Waals surface area (Å²) in [6.07, 6.45) is 4.12. The third-order valence-electron chi connectivity index (χ3n) is 5.14. The van der Waals surface area contributed by atoms with Gasteiger partial charge in [0, 0.05) is 50.9 Å². The van der Waals surface area contributed by atoms with Crippen molar-refractivity contribution in [3.63, 3.8) is 0 Å². The van der Waals surface area contributed by atoms with Crippen LogP contribution >= 0.6 is 11.8 Å². The van der Waals surface area contributed by atoms with Crippen molar-refractivity contribution in [2.24, 2.45) is 0 Å². The van der Waals surface area contributed by atoms with Gasteiger partial charge in [0.1, 0.15) is 5.65 Å². The zero-order valence-corrected chi connectivity index (χ0v) is 17.1. The smallest absolute Gasteiger partial charge is 0.232 e. The molecule has 0 aliphatic carbocycles. The lowest BCUT2D eigenvalue weighted by atomic mass is 10.2. The largest absolute Gasteiger partial charge is 0.339 e. The number of hydrogen-bond donors (Lipinski definition) is 0. The van der Waals surface area contributed by atoms with Gasteiger partial charge in [0.15, 0.2) is 0 Å². The Hall–Kier alpha value is -2.31. The number of imidazole rings is 1. The van der Waals surface area contributed by atoms with E-state index >= 15 is 0 Å². The van der Waals surface area contributed by atoms with E-state index in [0.717, 1.165) is 49.8 Å². The summed E-state index contributed by atoms with van der Waals surface area (Å²) in [5.41, 5.74) is 4.61. The van der Waals surface area contributed by atoms with Gasteiger partial charge in [0.25, 0.3) is 0 Å². The third kappa shape index (κ3) is 4.75. The summed E-state index contributed by atoms with van der Waals surface area (Å²) in [6, 6.07) is 14.6. The third-order valence-corrected chi connectivity index (χ3v) is 6.13. The highest BCUT2D eigenvalue weighted by molar-refractivity contribution is 7.99. The highest BCUT2D eigenvalue weighted by Crippen LogP contribution is 2.15. The number of pyridine rings is 1. The van der Waals surface area contributed by atoms with Crippen LogP contribution in [0.4, 0.5) is 0 Å². The van der Waals surface area contributed by atoms with E-state index in [-0.39, 0.29) is 5.91 Å². The summed E-state index contributed by atoms with van der Waals surface area (Å²) in [4.78, 5) is 21.6. The molecule has 4 rings (SSSR count). The molecule has 3 aromatic rings. The van der Waals surface area contributed by atoms with Gasteiger partial charge < -0.3 is 9.30 Å². The Morgan fingerprint density at radius 2 is 1.86 bits per heavy atom. The summed E-state index contributed by atoms with van der Waals surface area (Å²) in [5, 5.41) is 0. The minimum Gasteiger partial charge on any atom is -0.339 e. The number of amides is 1. The number of benzene rings is 1. The number of thioether (sulfide) groups is 1. The van der Waals surface area contributed by atoms with Gasteiger partial charge in [-0.25, -0.2) is 4.98 Å². The van der Waals surface area contributed by atoms with Crippen LogP contribution in [0.3, 0.4) is 0 Å². The number of aromatic nitrogens is 2. The van der Waals surface area contributed by atoms with Gasteiger partial charge in [-0.3, -0.25) is 9.69 Å². The molecule has 0 bridgehead atoms. The first kappa shape index (κ1) is 19.0. The van der Waals surface area contributed by atoms with E-state index in [1.54, 1.807) is 11.8 Å². The summed E-state index contributed by atoms with van der Waals surface area (Å²) in [5.74, 6) is 1.70. The summed E-state index contributed by atoms with van der Waals surface area (Å²) >= 11 is 1.70. The number of hydrogen-bond acceptors (Lipinski definition) is 4. The highest BCUT2D eigenvalue weighted by atomic mass is 32.2. The van der Waals surface area contributed by atoms with Crippen LogP contribution in [-0.2, 0) is 17.1 Å². The standard InChI is InChI=1S/C22H26N4OS/c1-18-5-7-19(8-6-18)16-28-17-22(27)25-12-10-24(11-13-25)14-20-15-26-9-3-2-4-21(26)23-20/h2-9,15H,10-14,16-17H2,1H3. The minimum absolute atomic E-state index is 0.254. The Bertz CT molecular complexity index is 896. The molecule has 0 radical (unpaired) electrons. The second-order valence-electron chi connectivity index (χ2n) is 7.33. The molecule has 146 valence electrons. The van der Waals surface area contributed by atoms with Crippen LogP contribution in [0, 0.1) is 6.92 Å². The SMILES string of the molecule is Cc1ccc(CSCC(=O)N2CCN(Cc3cn4ccccc4n3)CC2)cc1. The summed E-state index contributed by atoms with van der Waals surface area (Å²) in [7, 11) is 0. The number of carbonyl (C=O) groups is 1. The molecule has 5 nitrogen and oxygen atoms in total. The summed E-state index contributed by atoms with van der Waals surface area (Å²) < 4.78 is 2.06. The van der Waals surface area contributed by atoms with Crippen molar-refractivity contribution in [3.8, 4) is 0 Å². The molecule has 6 heteroatoms.